The lowest BCUT2D eigenvalue weighted by atomic mass is 9.91. The van der Waals surface area contributed by atoms with Gasteiger partial charge in [-0.05, 0) is 67.5 Å². The Morgan fingerprint density at radius 2 is 1.83 bits per heavy atom. The number of hydrogen-bond donors (Lipinski definition) is 1. The smallest absolute Gasteiger partial charge is 0.119 e. The summed E-state index contributed by atoms with van der Waals surface area (Å²) in [5.74, 6) is 1.82. The van der Waals surface area contributed by atoms with Crippen LogP contribution in [-0.4, -0.2) is 13.2 Å². The Kier molecular flexibility index (Phi) is 6.23. The van der Waals surface area contributed by atoms with Crippen molar-refractivity contribution in [3.05, 3.63) is 64.7 Å². The van der Waals surface area contributed by atoms with Crippen molar-refractivity contribution in [2.24, 2.45) is 5.73 Å². The largest absolute Gasteiger partial charge is 0.494 e. The summed E-state index contributed by atoms with van der Waals surface area (Å²) in [7, 11) is 0. The van der Waals surface area contributed by atoms with Gasteiger partial charge in [-0.15, -0.1) is 0 Å². The van der Waals surface area contributed by atoms with E-state index in [1.165, 1.54) is 22.3 Å². The zero-order chi connectivity index (χ0) is 16.8. The van der Waals surface area contributed by atoms with Crippen LogP contribution in [0.1, 0.15) is 54.4 Å². The van der Waals surface area contributed by atoms with Crippen LogP contribution < -0.4 is 10.5 Å². The van der Waals surface area contributed by atoms with E-state index < -0.39 is 0 Å². The van der Waals surface area contributed by atoms with E-state index in [-0.39, 0.29) is 0 Å². The molecule has 0 spiro atoms. The molecule has 0 aliphatic rings. The van der Waals surface area contributed by atoms with Crippen LogP contribution in [-0.2, 0) is 0 Å². The molecule has 0 aliphatic heterocycles. The van der Waals surface area contributed by atoms with E-state index in [0.29, 0.717) is 25.0 Å². The Morgan fingerprint density at radius 3 is 2.52 bits per heavy atom. The fourth-order valence-electron chi connectivity index (χ4n) is 2.88. The average molecular weight is 311 g/mol. The second-order valence-electron chi connectivity index (χ2n) is 6.66. The molecule has 23 heavy (non-hydrogen) atoms. The summed E-state index contributed by atoms with van der Waals surface area (Å²) < 4.78 is 5.97. The minimum Gasteiger partial charge on any atom is -0.494 e. The van der Waals surface area contributed by atoms with Crippen molar-refractivity contribution in [1.82, 2.24) is 0 Å². The van der Waals surface area contributed by atoms with Gasteiger partial charge in [-0.25, -0.2) is 0 Å². The van der Waals surface area contributed by atoms with Gasteiger partial charge in [0, 0.05) is 0 Å². The first-order valence-corrected chi connectivity index (χ1v) is 8.51. The lowest BCUT2D eigenvalue weighted by Crippen LogP contribution is -2.16. The molecule has 0 radical (unpaired) electrons. The van der Waals surface area contributed by atoms with Crippen molar-refractivity contribution in [3.63, 3.8) is 0 Å². The molecule has 2 heteroatoms. The normalized spacial score (nSPS) is 12.4. The van der Waals surface area contributed by atoms with Gasteiger partial charge in [0.2, 0.25) is 0 Å². The zero-order valence-corrected chi connectivity index (χ0v) is 14.8. The topological polar surface area (TPSA) is 35.2 Å². The highest BCUT2D eigenvalue weighted by atomic mass is 16.5. The predicted molar refractivity (Wildman–Crippen MR) is 98.4 cm³/mol. The van der Waals surface area contributed by atoms with E-state index in [1.807, 2.05) is 6.07 Å². The van der Waals surface area contributed by atoms with Crippen molar-refractivity contribution in [2.45, 2.75) is 46.0 Å². The Bertz CT molecular complexity index is 633. The third-order valence-corrected chi connectivity index (χ3v) is 4.42. The summed E-state index contributed by atoms with van der Waals surface area (Å²) in [6, 6.07) is 15.0. The van der Waals surface area contributed by atoms with Gasteiger partial charge in [0.15, 0.2) is 0 Å². The summed E-state index contributed by atoms with van der Waals surface area (Å²) in [6.45, 7) is 10.0. The first-order valence-electron chi connectivity index (χ1n) is 8.51. The van der Waals surface area contributed by atoms with E-state index >= 15 is 0 Å². The number of rotatable bonds is 7. The summed E-state index contributed by atoms with van der Waals surface area (Å²) in [5.41, 5.74) is 11.3. The Morgan fingerprint density at radius 1 is 1.04 bits per heavy atom. The predicted octanol–water partition coefficient (Wildman–Crippen LogP) is 4.94. The fourth-order valence-corrected chi connectivity index (χ4v) is 2.88. The van der Waals surface area contributed by atoms with Gasteiger partial charge in [-0.3, -0.25) is 0 Å². The number of aryl methyl sites for hydroxylation is 2. The molecular formula is C21H29NO. The van der Waals surface area contributed by atoms with Crippen LogP contribution in [0.25, 0.3) is 0 Å². The fraction of sp³-hybridized carbons (Fsp3) is 0.429. The van der Waals surface area contributed by atoms with Gasteiger partial charge in [0.1, 0.15) is 5.75 Å². The number of nitrogens with two attached hydrogens (primary N) is 1. The summed E-state index contributed by atoms with van der Waals surface area (Å²) in [5, 5.41) is 0. The van der Waals surface area contributed by atoms with E-state index in [2.05, 4.69) is 64.1 Å². The Hall–Kier alpha value is -1.80. The molecule has 0 amide bonds. The highest BCUT2D eigenvalue weighted by molar-refractivity contribution is 5.34. The average Bonchev–Trinajstić information content (AvgIpc) is 2.54. The van der Waals surface area contributed by atoms with Gasteiger partial charge >= 0.3 is 0 Å². The van der Waals surface area contributed by atoms with Crippen LogP contribution in [0.4, 0.5) is 0 Å². The highest BCUT2D eigenvalue weighted by Gasteiger charge is 2.13. The molecule has 124 valence electrons. The lowest BCUT2D eigenvalue weighted by molar-refractivity contribution is 0.298. The third-order valence-electron chi connectivity index (χ3n) is 4.42. The summed E-state index contributed by atoms with van der Waals surface area (Å²) >= 11 is 0. The second kappa shape index (κ2) is 8.16. The van der Waals surface area contributed by atoms with Crippen LogP contribution in [0.3, 0.4) is 0 Å². The summed E-state index contributed by atoms with van der Waals surface area (Å²) in [6.07, 6.45) is 0.937. The van der Waals surface area contributed by atoms with Crippen LogP contribution in [0, 0.1) is 13.8 Å². The highest BCUT2D eigenvalue weighted by Crippen LogP contribution is 2.25. The summed E-state index contributed by atoms with van der Waals surface area (Å²) in [4.78, 5) is 0. The minimum atomic E-state index is 0.350. The van der Waals surface area contributed by atoms with Crippen LogP contribution in [0.15, 0.2) is 42.5 Å². The van der Waals surface area contributed by atoms with Crippen LogP contribution in [0.2, 0.25) is 0 Å². The molecule has 1 unspecified atom stereocenters. The molecule has 0 saturated carbocycles. The van der Waals surface area contributed by atoms with Crippen molar-refractivity contribution in [1.29, 1.82) is 0 Å². The molecule has 0 bridgehead atoms. The second-order valence-corrected chi connectivity index (χ2v) is 6.66. The van der Waals surface area contributed by atoms with Crippen molar-refractivity contribution >= 4 is 0 Å². The molecular weight excluding hydrogens is 282 g/mol. The number of ether oxygens (including phenoxy) is 1. The molecule has 2 aromatic carbocycles. The molecule has 0 aromatic heterocycles. The molecule has 2 N–H and O–H groups in total. The lowest BCUT2D eigenvalue weighted by Gasteiger charge is -2.19. The Balaban J connectivity index is 1.98. The number of hydrogen-bond acceptors (Lipinski definition) is 2. The monoisotopic (exact) mass is 311 g/mol. The van der Waals surface area contributed by atoms with Gasteiger partial charge < -0.3 is 10.5 Å². The van der Waals surface area contributed by atoms with E-state index in [9.17, 15) is 0 Å². The zero-order valence-electron chi connectivity index (χ0n) is 14.8. The molecule has 2 aromatic rings. The van der Waals surface area contributed by atoms with E-state index in [1.54, 1.807) is 0 Å². The first-order chi connectivity index (χ1) is 11.0. The minimum absolute atomic E-state index is 0.350. The molecule has 2 rings (SSSR count). The maximum absolute atomic E-state index is 6.01. The van der Waals surface area contributed by atoms with Gasteiger partial charge in [-0.2, -0.15) is 0 Å². The first kappa shape index (κ1) is 17.6. The van der Waals surface area contributed by atoms with Crippen molar-refractivity contribution in [2.75, 3.05) is 13.2 Å². The Labute approximate surface area is 140 Å². The van der Waals surface area contributed by atoms with Gasteiger partial charge in [0.25, 0.3) is 0 Å². The third kappa shape index (κ3) is 4.84. The maximum atomic E-state index is 6.01. The van der Waals surface area contributed by atoms with Gasteiger partial charge in [0.05, 0.1) is 6.61 Å². The maximum Gasteiger partial charge on any atom is 0.119 e. The molecule has 0 saturated heterocycles. The van der Waals surface area contributed by atoms with Crippen molar-refractivity contribution in [3.8, 4) is 5.75 Å². The standard InChI is InChI=1S/C21H29NO/c1-15(2)18-6-5-7-20(13-18)23-11-10-19(14-22)21-12-16(3)8-9-17(21)4/h5-9,12-13,15,19H,10-11,14,22H2,1-4H3. The molecule has 1 atom stereocenters. The van der Waals surface area contributed by atoms with E-state index in [0.717, 1.165) is 12.2 Å². The molecule has 0 heterocycles. The SMILES string of the molecule is Cc1ccc(C)c(C(CN)CCOc2cccc(C(C)C)c2)c1. The van der Waals surface area contributed by atoms with Crippen LogP contribution in [0.5, 0.6) is 5.75 Å². The molecule has 2 nitrogen and oxygen atoms in total. The van der Waals surface area contributed by atoms with Crippen LogP contribution >= 0.6 is 0 Å². The number of benzene rings is 2. The van der Waals surface area contributed by atoms with Crippen molar-refractivity contribution < 1.29 is 4.74 Å². The molecule has 0 aliphatic carbocycles. The molecule has 0 fully saturated rings. The van der Waals surface area contributed by atoms with E-state index in [4.69, 9.17) is 10.5 Å². The quantitative estimate of drug-likeness (QED) is 0.786. The van der Waals surface area contributed by atoms with Gasteiger partial charge in [-0.1, -0.05) is 49.7 Å².